The lowest BCUT2D eigenvalue weighted by Crippen LogP contribution is -2.34. The third-order valence-corrected chi connectivity index (χ3v) is 4.79. The smallest absolute Gasteiger partial charge is 0.271 e. The van der Waals surface area contributed by atoms with Crippen molar-refractivity contribution in [1.29, 1.82) is 0 Å². The van der Waals surface area contributed by atoms with Crippen LogP contribution in [0.1, 0.15) is 49.4 Å². The number of hydrogen-bond donors (Lipinski definition) is 2. The van der Waals surface area contributed by atoms with Gasteiger partial charge in [0.05, 0.1) is 22.2 Å². The van der Waals surface area contributed by atoms with Gasteiger partial charge in [-0.3, -0.25) is 20.2 Å². The summed E-state index contributed by atoms with van der Waals surface area (Å²) in [4.78, 5) is 22.6. The molecule has 2 N–H and O–H groups in total. The van der Waals surface area contributed by atoms with Gasteiger partial charge in [-0.25, -0.2) is 0 Å². The molecule has 30 heavy (non-hydrogen) atoms. The highest BCUT2D eigenvalue weighted by atomic mass is 35.5. The number of halogens is 1. The molecule has 0 atom stereocenters. The van der Waals surface area contributed by atoms with Gasteiger partial charge >= 0.3 is 0 Å². The van der Waals surface area contributed by atoms with Crippen molar-refractivity contribution in [3.05, 3.63) is 63.2 Å². The number of nitro benzene ring substituents is 1. The van der Waals surface area contributed by atoms with Gasteiger partial charge in [0, 0.05) is 17.7 Å². The van der Waals surface area contributed by atoms with Gasteiger partial charge < -0.3 is 10.1 Å². The second kappa shape index (κ2) is 12.1. The molecule has 0 aromatic heterocycles. The van der Waals surface area contributed by atoms with Crippen molar-refractivity contribution in [2.24, 2.45) is 0 Å². The van der Waals surface area contributed by atoms with Gasteiger partial charge in [0.1, 0.15) is 5.75 Å². The van der Waals surface area contributed by atoms with E-state index in [9.17, 15) is 14.9 Å². The number of nitro groups is 1. The van der Waals surface area contributed by atoms with Crippen LogP contribution in [0.4, 0.5) is 11.4 Å². The molecule has 0 aliphatic carbocycles. The number of hydrogen-bond acceptors (Lipinski definition) is 5. The van der Waals surface area contributed by atoms with Crippen molar-refractivity contribution < 1.29 is 14.5 Å². The molecule has 2 aromatic carbocycles. The average Bonchev–Trinajstić information content (AvgIpc) is 2.72. The molecule has 0 aliphatic rings. The van der Waals surface area contributed by atoms with Crippen molar-refractivity contribution >= 4 is 46.2 Å². The maximum Gasteiger partial charge on any atom is 0.271 e. The molecular weight excluding hydrogens is 426 g/mol. The summed E-state index contributed by atoms with van der Waals surface area (Å²) in [6, 6.07) is 10.7. The predicted octanol–water partition coefficient (Wildman–Crippen LogP) is 5.72. The minimum absolute atomic E-state index is 0.0307. The standard InChI is InChI=1S/C21H24ClN3O4S/c1-2-3-4-5-6-13-29-17-10-7-15(8-11-17)20(26)24-21(30)23-19-12-9-16(25(27)28)14-18(19)22/h7-12,14H,2-6,13H2,1H3,(H2,23,24,26,30). The Morgan fingerprint density at radius 3 is 2.47 bits per heavy atom. The van der Waals surface area contributed by atoms with E-state index < -0.39 is 10.8 Å². The second-order valence-electron chi connectivity index (χ2n) is 6.62. The van der Waals surface area contributed by atoms with Gasteiger partial charge in [-0.1, -0.05) is 44.2 Å². The predicted molar refractivity (Wildman–Crippen MR) is 122 cm³/mol. The molecule has 160 valence electrons. The zero-order chi connectivity index (χ0) is 21.9. The molecule has 7 nitrogen and oxygen atoms in total. The third kappa shape index (κ3) is 7.61. The highest BCUT2D eigenvalue weighted by molar-refractivity contribution is 7.80. The lowest BCUT2D eigenvalue weighted by molar-refractivity contribution is -0.384. The Hall–Kier alpha value is -2.71. The van der Waals surface area contributed by atoms with Gasteiger partial charge in [0.15, 0.2) is 5.11 Å². The first-order chi connectivity index (χ1) is 14.4. The normalized spacial score (nSPS) is 10.3. The molecule has 2 aromatic rings. The zero-order valence-corrected chi connectivity index (χ0v) is 18.2. The molecule has 0 heterocycles. The van der Waals surface area contributed by atoms with E-state index in [4.69, 9.17) is 28.6 Å². The topological polar surface area (TPSA) is 93.5 Å². The van der Waals surface area contributed by atoms with Crippen LogP contribution in [0, 0.1) is 10.1 Å². The molecule has 0 bridgehead atoms. The van der Waals surface area contributed by atoms with Crippen LogP contribution in [0.5, 0.6) is 5.75 Å². The van der Waals surface area contributed by atoms with Crippen LogP contribution < -0.4 is 15.4 Å². The number of carbonyl (C=O) groups is 1. The van der Waals surface area contributed by atoms with Crippen LogP contribution in [0.25, 0.3) is 0 Å². The van der Waals surface area contributed by atoms with Crippen LogP contribution in [0.15, 0.2) is 42.5 Å². The van der Waals surface area contributed by atoms with E-state index in [0.717, 1.165) is 12.8 Å². The number of anilines is 1. The molecule has 2 rings (SSSR count). The number of benzene rings is 2. The van der Waals surface area contributed by atoms with E-state index in [-0.39, 0.29) is 15.8 Å². The number of rotatable bonds is 10. The minimum atomic E-state index is -0.546. The summed E-state index contributed by atoms with van der Waals surface area (Å²) in [7, 11) is 0. The van der Waals surface area contributed by atoms with E-state index in [1.807, 2.05) is 0 Å². The summed E-state index contributed by atoms with van der Waals surface area (Å²) in [6.45, 7) is 2.83. The Morgan fingerprint density at radius 1 is 1.13 bits per heavy atom. The fraction of sp³-hybridized carbons (Fsp3) is 0.333. The molecule has 0 saturated carbocycles. The summed E-state index contributed by atoms with van der Waals surface area (Å²) in [6.07, 6.45) is 5.84. The first kappa shape index (κ1) is 23.6. The fourth-order valence-corrected chi connectivity index (χ4v) is 3.07. The largest absolute Gasteiger partial charge is 0.494 e. The van der Waals surface area contributed by atoms with Gasteiger partial charge in [0.25, 0.3) is 11.6 Å². The van der Waals surface area contributed by atoms with Crippen LogP contribution in [0.2, 0.25) is 5.02 Å². The number of non-ortho nitro benzene ring substituents is 1. The molecule has 0 aliphatic heterocycles. The maximum atomic E-state index is 12.3. The summed E-state index contributed by atoms with van der Waals surface area (Å²) < 4.78 is 5.69. The summed E-state index contributed by atoms with van der Waals surface area (Å²) in [5, 5.41) is 16.2. The molecule has 0 radical (unpaired) electrons. The molecule has 0 unspecified atom stereocenters. The minimum Gasteiger partial charge on any atom is -0.494 e. The van der Waals surface area contributed by atoms with E-state index in [0.29, 0.717) is 23.6 Å². The van der Waals surface area contributed by atoms with Crippen LogP contribution in [-0.4, -0.2) is 22.5 Å². The van der Waals surface area contributed by atoms with E-state index >= 15 is 0 Å². The van der Waals surface area contributed by atoms with Gasteiger partial charge in [-0.2, -0.15) is 0 Å². The fourth-order valence-electron chi connectivity index (χ4n) is 2.65. The van der Waals surface area contributed by atoms with Crippen molar-refractivity contribution in [3.8, 4) is 5.75 Å². The van der Waals surface area contributed by atoms with Crippen molar-refractivity contribution in [3.63, 3.8) is 0 Å². The third-order valence-electron chi connectivity index (χ3n) is 4.27. The van der Waals surface area contributed by atoms with Crippen molar-refractivity contribution in [2.75, 3.05) is 11.9 Å². The SMILES string of the molecule is CCCCCCCOc1ccc(C(=O)NC(=S)Nc2ccc([N+](=O)[O-])cc2Cl)cc1. The Kier molecular flexibility index (Phi) is 9.50. The van der Waals surface area contributed by atoms with Gasteiger partial charge in [-0.05, 0) is 49.0 Å². The van der Waals surface area contributed by atoms with Crippen molar-refractivity contribution in [1.82, 2.24) is 5.32 Å². The number of nitrogens with zero attached hydrogens (tertiary/aromatic N) is 1. The number of unbranched alkanes of at least 4 members (excludes halogenated alkanes) is 4. The number of thiocarbonyl (C=S) groups is 1. The Labute approximate surface area is 185 Å². The Bertz CT molecular complexity index is 890. The number of amides is 1. The Balaban J connectivity index is 1.82. The monoisotopic (exact) mass is 449 g/mol. The highest BCUT2D eigenvalue weighted by Gasteiger charge is 2.12. The molecule has 0 saturated heterocycles. The second-order valence-corrected chi connectivity index (χ2v) is 7.43. The molecule has 1 amide bonds. The lowest BCUT2D eigenvalue weighted by Gasteiger charge is -2.11. The summed E-state index contributed by atoms with van der Waals surface area (Å²) in [5.41, 5.74) is 0.642. The molecular formula is C21H24ClN3O4S. The molecule has 0 spiro atoms. The van der Waals surface area contributed by atoms with E-state index in [1.165, 1.54) is 37.5 Å². The zero-order valence-electron chi connectivity index (χ0n) is 16.7. The highest BCUT2D eigenvalue weighted by Crippen LogP contribution is 2.26. The lowest BCUT2D eigenvalue weighted by atomic mass is 10.2. The first-order valence-corrected chi connectivity index (χ1v) is 10.5. The summed E-state index contributed by atoms with van der Waals surface area (Å²) in [5.74, 6) is 0.317. The van der Waals surface area contributed by atoms with Crippen LogP contribution in [-0.2, 0) is 0 Å². The maximum absolute atomic E-state index is 12.3. The quantitative estimate of drug-likeness (QED) is 0.208. The number of carbonyl (C=O) groups excluding carboxylic acids is 1. The van der Waals surface area contributed by atoms with E-state index in [1.54, 1.807) is 24.3 Å². The number of ether oxygens (including phenoxy) is 1. The van der Waals surface area contributed by atoms with Crippen molar-refractivity contribution in [2.45, 2.75) is 39.0 Å². The first-order valence-electron chi connectivity index (χ1n) is 9.70. The Morgan fingerprint density at radius 2 is 1.83 bits per heavy atom. The number of nitrogens with one attached hydrogen (secondary N) is 2. The van der Waals surface area contributed by atoms with Crippen LogP contribution in [0.3, 0.4) is 0 Å². The average molecular weight is 450 g/mol. The van der Waals surface area contributed by atoms with Gasteiger partial charge in [0.2, 0.25) is 0 Å². The van der Waals surface area contributed by atoms with Gasteiger partial charge in [-0.15, -0.1) is 0 Å². The van der Waals surface area contributed by atoms with Crippen LogP contribution >= 0.6 is 23.8 Å². The van der Waals surface area contributed by atoms with E-state index in [2.05, 4.69) is 17.6 Å². The molecule has 0 fully saturated rings. The summed E-state index contributed by atoms with van der Waals surface area (Å²) >= 11 is 11.1. The molecule has 9 heteroatoms.